The Kier molecular flexibility index (Phi) is 3.02. The Balaban J connectivity index is 2.14. The Morgan fingerprint density at radius 1 is 1.50 bits per heavy atom. The molecule has 1 aliphatic rings. The molecule has 1 heterocycles. The molecule has 4 heteroatoms. The van der Waals surface area contributed by atoms with Gasteiger partial charge in [0.2, 0.25) is 0 Å². The van der Waals surface area contributed by atoms with Gasteiger partial charge >= 0.3 is 0 Å². The van der Waals surface area contributed by atoms with Crippen molar-refractivity contribution in [2.45, 2.75) is 38.1 Å². The molecular weight excluding hydrogens is 251 g/mol. The summed E-state index contributed by atoms with van der Waals surface area (Å²) < 4.78 is 15.5. The van der Waals surface area contributed by atoms with Crippen LogP contribution in [0, 0.1) is 11.7 Å². The van der Waals surface area contributed by atoms with E-state index >= 15 is 0 Å². The summed E-state index contributed by atoms with van der Waals surface area (Å²) in [6, 6.07) is 5.09. The maximum atomic E-state index is 13.4. The molecule has 1 aliphatic carbocycles. The lowest BCUT2D eigenvalue weighted by Crippen LogP contribution is -2.24. The average Bonchev–Trinajstić information content (AvgIpc) is 2.64. The topological polar surface area (TPSA) is 17.8 Å². The van der Waals surface area contributed by atoms with E-state index in [-0.39, 0.29) is 5.82 Å². The number of fused-ring (bicyclic) bond motifs is 1. The fraction of sp³-hybridized carbons (Fsp3) is 0.500. The smallest absolute Gasteiger partial charge is 0.125 e. The van der Waals surface area contributed by atoms with Crippen molar-refractivity contribution in [3.8, 4) is 0 Å². The molecule has 2 nitrogen and oxygen atoms in total. The second-order valence-corrected chi connectivity index (χ2v) is 5.36. The highest BCUT2D eigenvalue weighted by Crippen LogP contribution is 2.38. The van der Waals surface area contributed by atoms with Gasteiger partial charge in [0.1, 0.15) is 11.6 Å². The summed E-state index contributed by atoms with van der Waals surface area (Å²) >= 11 is 5.98. The maximum Gasteiger partial charge on any atom is 0.125 e. The molecule has 0 N–H and O–H groups in total. The number of rotatable bonds is 3. The van der Waals surface area contributed by atoms with Gasteiger partial charge in [-0.15, -0.1) is 11.6 Å². The van der Waals surface area contributed by atoms with E-state index in [4.69, 9.17) is 11.6 Å². The van der Waals surface area contributed by atoms with Gasteiger partial charge < -0.3 is 4.57 Å². The van der Waals surface area contributed by atoms with Gasteiger partial charge in [-0.25, -0.2) is 9.37 Å². The molecule has 1 atom stereocenters. The summed E-state index contributed by atoms with van der Waals surface area (Å²) in [5, 5.41) is 0. The van der Waals surface area contributed by atoms with E-state index in [2.05, 4.69) is 16.5 Å². The molecule has 3 rings (SSSR count). The monoisotopic (exact) mass is 266 g/mol. The number of hydrogen-bond acceptors (Lipinski definition) is 1. The van der Waals surface area contributed by atoms with Crippen LogP contribution in [0.2, 0.25) is 0 Å². The molecule has 1 unspecified atom stereocenters. The molecule has 0 amide bonds. The lowest BCUT2D eigenvalue weighted by atomic mass is 9.80. The first kappa shape index (κ1) is 12.0. The van der Waals surface area contributed by atoms with Gasteiger partial charge in [0.25, 0.3) is 0 Å². The van der Waals surface area contributed by atoms with E-state index in [9.17, 15) is 4.39 Å². The van der Waals surface area contributed by atoms with Gasteiger partial charge in [-0.3, -0.25) is 0 Å². The second-order valence-electron chi connectivity index (χ2n) is 5.10. The average molecular weight is 267 g/mol. The molecule has 0 aliphatic heterocycles. The Bertz CT molecular complexity index is 574. The van der Waals surface area contributed by atoms with Crippen LogP contribution in [0.4, 0.5) is 4.39 Å². The summed E-state index contributed by atoms with van der Waals surface area (Å²) in [7, 11) is 0. The van der Waals surface area contributed by atoms with Crippen molar-refractivity contribution in [1.29, 1.82) is 0 Å². The van der Waals surface area contributed by atoms with Gasteiger partial charge in [-0.1, -0.05) is 6.42 Å². The first-order chi connectivity index (χ1) is 8.70. The van der Waals surface area contributed by atoms with Crippen molar-refractivity contribution >= 4 is 22.6 Å². The number of benzene rings is 1. The predicted molar refractivity (Wildman–Crippen MR) is 71.3 cm³/mol. The molecule has 0 spiro atoms. The van der Waals surface area contributed by atoms with Crippen molar-refractivity contribution in [2.24, 2.45) is 5.92 Å². The Hall–Kier alpha value is -1.09. The number of hydrogen-bond donors (Lipinski definition) is 0. The van der Waals surface area contributed by atoms with E-state index in [1.54, 1.807) is 12.1 Å². The number of halogens is 2. The van der Waals surface area contributed by atoms with Crippen LogP contribution in [0.1, 0.15) is 38.1 Å². The fourth-order valence-corrected chi connectivity index (χ4v) is 2.99. The quantitative estimate of drug-likeness (QED) is 0.759. The van der Waals surface area contributed by atoms with Gasteiger partial charge in [-0.2, -0.15) is 0 Å². The van der Waals surface area contributed by atoms with E-state index in [1.165, 1.54) is 25.3 Å². The maximum absolute atomic E-state index is 13.4. The number of aromatic nitrogens is 2. The van der Waals surface area contributed by atoms with E-state index in [0.717, 1.165) is 16.9 Å². The van der Waals surface area contributed by atoms with Crippen LogP contribution in [-0.2, 0) is 5.88 Å². The van der Waals surface area contributed by atoms with Crippen LogP contribution < -0.4 is 0 Å². The third-order valence-corrected chi connectivity index (χ3v) is 4.32. The molecule has 18 heavy (non-hydrogen) atoms. The highest BCUT2D eigenvalue weighted by atomic mass is 35.5. The highest BCUT2D eigenvalue weighted by molar-refractivity contribution is 6.16. The van der Waals surface area contributed by atoms with Crippen molar-refractivity contribution in [2.75, 3.05) is 0 Å². The lowest BCUT2D eigenvalue weighted by molar-refractivity contribution is 0.223. The number of imidazole rings is 1. The van der Waals surface area contributed by atoms with Crippen LogP contribution in [0.25, 0.3) is 11.0 Å². The first-order valence-corrected chi connectivity index (χ1v) is 6.96. The Morgan fingerprint density at radius 3 is 2.89 bits per heavy atom. The second kappa shape index (κ2) is 4.54. The summed E-state index contributed by atoms with van der Waals surface area (Å²) in [5.41, 5.74) is 1.70. The molecule has 0 radical (unpaired) electrons. The summed E-state index contributed by atoms with van der Waals surface area (Å²) in [4.78, 5) is 4.50. The lowest BCUT2D eigenvalue weighted by Gasteiger charge is -2.33. The summed E-state index contributed by atoms with van der Waals surface area (Å²) in [6.45, 7) is 2.19. The van der Waals surface area contributed by atoms with Crippen molar-refractivity contribution < 1.29 is 4.39 Å². The van der Waals surface area contributed by atoms with Gasteiger partial charge in [0.15, 0.2) is 0 Å². The number of nitrogens with zero attached hydrogens (tertiary/aromatic N) is 2. The standard InChI is InChI=1S/C14H16ClFN2/c1-9(10-3-2-4-10)18-13-7-11(16)5-6-12(13)17-14(18)8-15/h5-7,9-10H,2-4,8H2,1H3. The molecule has 2 aromatic rings. The minimum atomic E-state index is -0.217. The van der Waals surface area contributed by atoms with E-state index in [1.807, 2.05) is 0 Å². The highest BCUT2D eigenvalue weighted by Gasteiger charge is 2.27. The molecule has 1 aromatic heterocycles. The summed E-state index contributed by atoms with van der Waals surface area (Å²) in [6.07, 6.45) is 3.79. The normalized spacial score (nSPS) is 17.9. The Morgan fingerprint density at radius 2 is 2.28 bits per heavy atom. The SMILES string of the molecule is CC(C1CCC1)n1c(CCl)nc2ccc(F)cc21. The number of alkyl halides is 1. The Labute approximate surface area is 111 Å². The summed E-state index contributed by atoms with van der Waals surface area (Å²) in [5.74, 6) is 1.67. The van der Waals surface area contributed by atoms with Crippen LogP contribution >= 0.6 is 11.6 Å². The minimum absolute atomic E-state index is 0.217. The first-order valence-electron chi connectivity index (χ1n) is 6.43. The van der Waals surface area contributed by atoms with Crippen LogP contribution in [-0.4, -0.2) is 9.55 Å². The van der Waals surface area contributed by atoms with E-state index in [0.29, 0.717) is 17.8 Å². The molecule has 0 saturated heterocycles. The molecule has 1 fully saturated rings. The third-order valence-electron chi connectivity index (χ3n) is 4.08. The van der Waals surface area contributed by atoms with E-state index < -0.39 is 0 Å². The minimum Gasteiger partial charge on any atom is -0.324 e. The molecule has 1 aromatic carbocycles. The van der Waals surface area contributed by atoms with Crippen molar-refractivity contribution in [1.82, 2.24) is 9.55 Å². The van der Waals surface area contributed by atoms with Crippen molar-refractivity contribution in [3.05, 3.63) is 29.8 Å². The molecule has 0 bridgehead atoms. The van der Waals surface area contributed by atoms with Crippen LogP contribution in [0.3, 0.4) is 0 Å². The predicted octanol–water partition coefficient (Wildman–Crippen LogP) is 4.28. The van der Waals surface area contributed by atoms with Gasteiger partial charge in [-0.05, 0) is 43.9 Å². The van der Waals surface area contributed by atoms with Crippen LogP contribution in [0.15, 0.2) is 18.2 Å². The van der Waals surface area contributed by atoms with Gasteiger partial charge in [0, 0.05) is 6.04 Å². The van der Waals surface area contributed by atoms with Crippen molar-refractivity contribution in [3.63, 3.8) is 0 Å². The zero-order valence-electron chi connectivity index (χ0n) is 10.4. The molecule has 1 saturated carbocycles. The zero-order valence-corrected chi connectivity index (χ0v) is 11.1. The molecular formula is C14H16ClFN2. The van der Waals surface area contributed by atoms with Gasteiger partial charge in [0.05, 0.1) is 16.9 Å². The zero-order chi connectivity index (χ0) is 12.7. The third kappa shape index (κ3) is 1.81. The molecule has 96 valence electrons. The fourth-order valence-electron chi connectivity index (χ4n) is 2.80. The largest absolute Gasteiger partial charge is 0.324 e. The van der Waals surface area contributed by atoms with Crippen LogP contribution in [0.5, 0.6) is 0 Å².